The molecule has 0 saturated carbocycles. The van der Waals surface area contributed by atoms with Crippen molar-refractivity contribution in [2.24, 2.45) is 0 Å². The van der Waals surface area contributed by atoms with Gasteiger partial charge in [-0.25, -0.2) is 4.39 Å². The topological polar surface area (TPSA) is 79.0 Å². The van der Waals surface area contributed by atoms with Gasteiger partial charge >= 0.3 is 0 Å². The number of aldehydes is 1. The molecule has 1 N–H and O–H groups in total. The van der Waals surface area contributed by atoms with E-state index in [1.54, 1.807) is 24.1 Å². The Hall–Kier alpha value is -3.10. The summed E-state index contributed by atoms with van der Waals surface area (Å²) in [5.41, 5.74) is 4.79. The molecule has 1 saturated heterocycles. The molecule has 2 aromatic carbocycles. The van der Waals surface area contributed by atoms with Gasteiger partial charge in [0.2, 0.25) is 5.91 Å². The molecule has 7 nitrogen and oxygen atoms in total. The molecule has 1 unspecified atom stereocenters. The van der Waals surface area contributed by atoms with Crippen molar-refractivity contribution in [3.05, 3.63) is 70.0 Å². The lowest BCUT2D eigenvalue weighted by molar-refractivity contribution is -0.121. The number of hydrogen-bond acceptors (Lipinski definition) is 5. The minimum Gasteiger partial charge on any atom is -0.365 e. The van der Waals surface area contributed by atoms with Crippen molar-refractivity contribution in [2.45, 2.75) is 76.2 Å². The lowest BCUT2D eigenvalue weighted by Gasteiger charge is -2.39. The third-order valence-corrected chi connectivity index (χ3v) is 8.74. The second-order valence-corrected chi connectivity index (χ2v) is 11.0. The van der Waals surface area contributed by atoms with Gasteiger partial charge in [0.25, 0.3) is 5.91 Å². The van der Waals surface area contributed by atoms with Crippen LogP contribution in [0.1, 0.15) is 77.6 Å². The Labute approximate surface area is 229 Å². The molecule has 1 atom stereocenters. The first-order valence-corrected chi connectivity index (χ1v) is 14.2. The Balaban J connectivity index is 1.07. The third-order valence-electron chi connectivity index (χ3n) is 8.74. The molecule has 8 heteroatoms. The number of amides is 2. The van der Waals surface area contributed by atoms with Crippen molar-refractivity contribution in [1.82, 2.24) is 15.1 Å². The van der Waals surface area contributed by atoms with Crippen molar-refractivity contribution < 1.29 is 23.5 Å². The monoisotopic (exact) mass is 535 g/mol. The summed E-state index contributed by atoms with van der Waals surface area (Å²) < 4.78 is 19.8. The summed E-state index contributed by atoms with van der Waals surface area (Å²) in [6.45, 7) is 3.95. The number of carbonyl (C=O) groups excluding carboxylic acids is 3. The highest BCUT2D eigenvalue weighted by atomic mass is 19.1. The average Bonchev–Trinajstić information content (AvgIpc) is 3.47. The summed E-state index contributed by atoms with van der Waals surface area (Å²) in [6.07, 6.45) is 7.36. The van der Waals surface area contributed by atoms with Crippen LogP contribution in [0, 0.1) is 5.82 Å². The summed E-state index contributed by atoms with van der Waals surface area (Å²) in [5.74, 6) is -0.452. The standard InChI is InChI=1S/C31H38FN3O4/c1-33-29(37)12-10-25(20-36)35-19-27-22(7-5-8-26(27)30(35)38)6-3-2-4-15-34-16-13-31(14-17-34)28-11-9-24(32)18-23(28)21-39-31/h5,7-9,11,18,20,25H,2-4,6,10,12-17,19,21H2,1H3,(H,33,37). The summed E-state index contributed by atoms with van der Waals surface area (Å²) >= 11 is 0. The van der Waals surface area contributed by atoms with Crippen LogP contribution in [0.15, 0.2) is 36.4 Å². The van der Waals surface area contributed by atoms with E-state index >= 15 is 0 Å². The molecule has 0 aliphatic carbocycles. The van der Waals surface area contributed by atoms with E-state index in [1.165, 1.54) is 11.1 Å². The second kappa shape index (κ2) is 12.0. The maximum atomic E-state index is 13.6. The highest BCUT2D eigenvalue weighted by molar-refractivity contribution is 6.00. The fourth-order valence-electron chi connectivity index (χ4n) is 6.42. The van der Waals surface area contributed by atoms with Gasteiger partial charge in [-0.2, -0.15) is 0 Å². The molecule has 208 valence electrons. The molecule has 39 heavy (non-hydrogen) atoms. The van der Waals surface area contributed by atoms with E-state index in [0.29, 0.717) is 25.1 Å². The van der Waals surface area contributed by atoms with E-state index < -0.39 is 6.04 Å². The number of nitrogens with zero attached hydrogens (tertiary/aromatic N) is 2. The quantitative estimate of drug-likeness (QED) is 0.346. The van der Waals surface area contributed by atoms with Crippen LogP contribution in [-0.4, -0.2) is 60.6 Å². The van der Waals surface area contributed by atoms with E-state index in [9.17, 15) is 18.8 Å². The summed E-state index contributed by atoms with van der Waals surface area (Å²) in [7, 11) is 1.57. The fourth-order valence-corrected chi connectivity index (χ4v) is 6.42. The molecule has 0 bridgehead atoms. The van der Waals surface area contributed by atoms with Crippen molar-refractivity contribution in [3.63, 3.8) is 0 Å². The number of carbonyl (C=O) groups is 3. The number of benzene rings is 2. The van der Waals surface area contributed by atoms with E-state index in [4.69, 9.17) is 4.74 Å². The highest BCUT2D eigenvalue weighted by Crippen LogP contribution is 2.44. The van der Waals surface area contributed by atoms with Crippen molar-refractivity contribution in [1.29, 1.82) is 0 Å². The number of rotatable bonds is 11. The Morgan fingerprint density at radius 2 is 2.00 bits per heavy atom. The van der Waals surface area contributed by atoms with Crippen LogP contribution in [0.2, 0.25) is 0 Å². The van der Waals surface area contributed by atoms with Crippen LogP contribution in [0.4, 0.5) is 4.39 Å². The zero-order valence-electron chi connectivity index (χ0n) is 22.7. The van der Waals surface area contributed by atoms with Crippen LogP contribution in [0.5, 0.6) is 0 Å². The molecule has 3 heterocycles. The van der Waals surface area contributed by atoms with Gasteiger partial charge in [-0.1, -0.05) is 24.6 Å². The van der Waals surface area contributed by atoms with Crippen LogP contribution >= 0.6 is 0 Å². The van der Waals surface area contributed by atoms with Gasteiger partial charge in [0.15, 0.2) is 0 Å². The van der Waals surface area contributed by atoms with E-state index in [1.807, 2.05) is 18.2 Å². The van der Waals surface area contributed by atoms with Crippen LogP contribution in [0.25, 0.3) is 0 Å². The number of unbranched alkanes of at least 4 members (excludes halogenated alkanes) is 2. The Kier molecular flexibility index (Phi) is 8.43. The smallest absolute Gasteiger partial charge is 0.255 e. The minimum absolute atomic E-state index is 0.122. The van der Waals surface area contributed by atoms with E-state index in [2.05, 4.69) is 16.3 Å². The third kappa shape index (κ3) is 5.77. The normalized spacial score (nSPS) is 18.7. The molecule has 1 spiro atoms. The second-order valence-electron chi connectivity index (χ2n) is 11.0. The Morgan fingerprint density at radius 3 is 2.77 bits per heavy atom. The highest BCUT2D eigenvalue weighted by Gasteiger charge is 2.42. The van der Waals surface area contributed by atoms with Crippen LogP contribution in [-0.2, 0) is 39.5 Å². The maximum Gasteiger partial charge on any atom is 0.255 e. The van der Waals surface area contributed by atoms with Gasteiger partial charge in [0.05, 0.1) is 18.2 Å². The van der Waals surface area contributed by atoms with Crippen molar-refractivity contribution >= 4 is 18.1 Å². The first-order chi connectivity index (χ1) is 18.9. The van der Waals surface area contributed by atoms with E-state index in [0.717, 1.165) is 75.6 Å². The van der Waals surface area contributed by atoms with Crippen molar-refractivity contribution in [3.8, 4) is 0 Å². The Morgan fingerprint density at radius 1 is 1.18 bits per heavy atom. The molecule has 1 fully saturated rings. The minimum atomic E-state index is -0.594. The summed E-state index contributed by atoms with van der Waals surface area (Å²) in [4.78, 5) is 40.5. The van der Waals surface area contributed by atoms with Gasteiger partial charge in [0, 0.05) is 38.7 Å². The van der Waals surface area contributed by atoms with Gasteiger partial charge in [-0.3, -0.25) is 9.59 Å². The number of fused-ring (bicyclic) bond motifs is 3. The maximum absolute atomic E-state index is 13.6. The number of piperidine rings is 1. The molecular formula is C31H38FN3O4. The Bertz CT molecular complexity index is 1220. The lowest BCUT2D eigenvalue weighted by Crippen LogP contribution is -2.42. The number of aryl methyl sites for hydroxylation is 1. The first kappa shape index (κ1) is 27.5. The summed E-state index contributed by atoms with van der Waals surface area (Å²) in [6, 6.07) is 10.3. The number of likely N-dealkylation sites (tertiary alicyclic amines) is 1. The molecule has 3 aliphatic heterocycles. The number of halogens is 1. The number of nitrogens with one attached hydrogen (secondary N) is 1. The molecule has 2 amide bonds. The molecule has 3 aliphatic rings. The first-order valence-electron chi connectivity index (χ1n) is 14.2. The predicted molar refractivity (Wildman–Crippen MR) is 146 cm³/mol. The summed E-state index contributed by atoms with van der Waals surface area (Å²) in [5, 5.41) is 2.57. The van der Waals surface area contributed by atoms with Gasteiger partial charge in [-0.15, -0.1) is 0 Å². The SMILES string of the molecule is CNC(=O)CCC(C=O)N1Cc2c(CCCCCN3CCC4(CC3)OCc3cc(F)ccc34)cccc2C1=O. The van der Waals surface area contributed by atoms with Crippen LogP contribution in [0.3, 0.4) is 0 Å². The average molecular weight is 536 g/mol. The van der Waals surface area contributed by atoms with Crippen LogP contribution < -0.4 is 5.32 Å². The number of hydrogen-bond donors (Lipinski definition) is 1. The molecule has 5 rings (SSSR count). The molecule has 0 aromatic heterocycles. The fraction of sp³-hybridized carbons (Fsp3) is 0.516. The van der Waals surface area contributed by atoms with Gasteiger partial charge < -0.3 is 24.6 Å². The lowest BCUT2D eigenvalue weighted by atomic mass is 9.83. The number of ether oxygens (including phenoxy) is 1. The zero-order chi connectivity index (χ0) is 27.4. The largest absolute Gasteiger partial charge is 0.365 e. The van der Waals surface area contributed by atoms with Gasteiger partial charge in [0.1, 0.15) is 12.1 Å². The molecule has 2 aromatic rings. The molecule has 0 radical (unpaired) electrons. The predicted octanol–water partition coefficient (Wildman–Crippen LogP) is 4.11. The zero-order valence-corrected chi connectivity index (χ0v) is 22.7. The van der Waals surface area contributed by atoms with Gasteiger partial charge in [-0.05, 0) is 85.5 Å². The van der Waals surface area contributed by atoms with Crippen molar-refractivity contribution in [2.75, 3.05) is 26.7 Å². The molecular weight excluding hydrogens is 497 g/mol. The van der Waals surface area contributed by atoms with E-state index in [-0.39, 0.29) is 29.7 Å².